The van der Waals surface area contributed by atoms with E-state index in [1.54, 1.807) is 19.2 Å². The van der Waals surface area contributed by atoms with Gasteiger partial charge in [0.2, 0.25) is 0 Å². The lowest BCUT2D eigenvalue weighted by Crippen LogP contribution is -2.13. The van der Waals surface area contributed by atoms with Crippen LogP contribution in [0.4, 0.5) is 0 Å². The number of carbonyl (C=O) groups is 1. The van der Waals surface area contributed by atoms with Crippen LogP contribution in [0.1, 0.15) is 12.5 Å². The molecule has 1 N–H and O–H groups in total. The van der Waals surface area contributed by atoms with E-state index >= 15 is 0 Å². The highest BCUT2D eigenvalue weighted by Gasteiger charge is 2.00. The van der Waals surface area contributed by atoms with Gasteiger partial charge in [0.15, 0.2) is 0 Å². The molecule has 1 heterocycles. The Balaban J connectivity index is 1.89. The van der Waals surface area contributed by atoms with Gasteiger partial charge in [-0.15, -0.1) is 0 Å². The molecule has 0 aliphatic heterocycles. The minimum absolute atomic E-state index is 0.305. The van der Waals surface area contributed by atoms with Crippen molar-refractivity contribution in [1.82, 2.24) is 10.3 Å². The van der Waals surface area contributed by atoms with Crippen LogP contribution in [0.2, 0.25) is 0 Å². The summed E-state index contributed by atoms with van der Waals surface area (Å²) in [4.78, 5) is 15.5. The van der Waals surface area contributed by atoms with Crippen molar-refractivity contribution in [2.24, 2.45) is 0 Å². The molecule has 4 nitrogen and oxygen atoms in total. The van der Waals surface area contributed by atoms with E-state index in [0.717, 1.165) is 16.5 Å². The highest BCUT2D eigenvalue weighted by Crippen LogP contribution is 2.15. The Bertz CT molecular complexity index is 603. The van der Waals surface area contributed by atoms with E-state index in [2.05, 4.69) is 16.4 Å². The van der Waals surface area contributed by atoms with Gasteiger partial charge < -0.3 is 10.1 Å². The predicted octanol–water partition coefficient (Wildman–Crippen LogP) is 2.44. The van der Waals surface area contributed by atoms with Crippen molar-refractivity contribution in [3.8, 4) is 0 Å². The van der Waals surface area contributed by atoms with E-state index in [1.807, 2.05) is 24.3 Å². The molecule has 0 unspecified atom stereocenters. The van der Waals surface area contributed by atoms with Crippen LogP contribution in [0, 0.1) is 0 Å². The molecule has 1 aromatic carbocycles. The third kappa shape index (κ3) is 3.90. The Labute approximate surface area is 118 Å². The molecule has 1 aromatic heterocycles. The smallest absolute Gasteiger partial charge is 0.330 e. The fourth-order valence-electron chi connectivity index (χ4n) is 1.95. The van der Waals surface area contributed by atoms with E-state index in [9.17, 15) is 4.79 Å². The minimum Gasteiger partial charge on any atom is -0.463 e. The number of ether oxygens (including phenoxy) is 1. The summed E-state index contributed by atoms with van der Waals surface area (Å²) in [6.45, 7) is 3.51. The van der Waals surface area contributed by atoms with Crippen molar-refractivity contribution in [3.63, 3.8) is 0 Å². The first-order valence-corrected chi connectivity index (χ1v) is 6.68. The highest BCUT2D eigenvalue weighted by atomic mass is 16.5. The van der Waals surface area contributed by atoms with Gasteiger partial charge in [-0.05, 0) is 18.6 Å². The van der Waals surface area contributed by atoms with Gasteiger partial charge in [-0.25, -0.2) is 4.79 Å². The number of pyridine rings is 1. The minimum atomic E-state index is -0.305. The van der Waals surface area contributed by atoms with E-state index in [-0.39, 0.29) is 5.97 Å². The molecule has 0 spiro atoms. The molecule has 0 amide bonds. The van der Waals surface area contributed by atoms with Crippen LogP contribution in [0.5, 0.6) is 0 Å². The number of para-hydroxylation sites is 1. The summed E-state index contributed by atoms with van der Waals surface area (Å²) >= 11 is 0. The van der Waals surface area contributed by atoms with Gasteiger partial charge in [-0.1, -0.05) is 30.3 Å². The number of esters is 1. The third-order valence-corrected chi connectivity index (χ3v) is 2.83. The summed E-state index contributed by atoms with van der Waals surface area (Å²) < 4.78 is 4.80. The van der Waals surface area contributed by atoms with Gasteiger partial charge >= 0.3 is 5.97 Å². The van der Waals surface area contributed by atoms with E-state index in [4.69, 9.17) is 4.74 Å². The van der Waals surface area contributed by atoms with Crippen molar-refractivity contribution in [1.29, 1.82) is 0 Å². The molecule has 2 rings (SSSR count). The molecular formula is C16H18N2O2. The maximum atomic E-state index is 11.1. The number of aromatic nitrogens is 1. The van der Waals surface area contributed by atoms with Crippen LogP contribution in [0.25, 0.3) is 10.9 Å². The van der Waals surface area contributed by atoms with Crippen molar-refractivity contribution in [2.75, 3.05) is 13.2 Å². The molecule has 0 fully saturated rings. The summed E-state index contributed by atoms with van der Waals surface area (Å²) in [6.07, 6.45) is 5.00. The van der Waals surface area contributed by atoms with Crippen molar-refractivity contribution >= 4 is 16.9 Å². The van der Waals surface area contributed by atoms with Gasteiger partial charge in [0.1, 0.15) is 0 Å². The van der Waals surface area contributed by atoms with Gasteiger partial charge in [-0.3, -0.25) is 4.98 Å². The second kappa shape index (κ2) is 7.40. The Morgan fingerprint density at radius 1 is 1.35 bits per heavy atom. The largest absolute Gasteiger partial charge is 0.463 e. The Hall–Kier alpha value is -2.20. The molecule has 20 heavy (non-hydrogen) atoms. The Morgan fingerprint density at radius 2 is 2.20 bits per heavy atom. The van der Waals surface area contributed by atoms with Crippen LogP contribution < -0.4 is 5.32 Å². The molecule has 0 radical (unpaired) electrons. The van der Waals surface area contributed by atoms with Gasteiger partial charge in [0.05, 0.1) is 12.1 Å². The summed E-state index contributed by atoms with van der Waals surface area (Å²) in [5, 5.41) is 4.39. The Morgan fingerprint density at radius 3 is 3.05 bits per heavy atom. The number of benzene rings is 1. The molecular weight excluding hydrogens is 252 g/mol. The monoisotopic (exact) mass is 270 g/mol. The zero-order chi connectivity index (χ0) is 14.2. The summed E-state index contributed by atoms with van der Waals surface area (Å²) in [5.41, 5.74) is 2.16. The molecule has 2 aromatic rings. The highest BCUT2D eigenvalue weighted by molar-refractivity contribution is 5.82. The molecule has 0 bridgehead atoms. The first kappa shape index (κ1) is 14.2. The predicted molar refractivity (Wildman–Crippen MR) is 79.2 cm³/mol. The number of fused-ring (bicyclic) bond motifs is 1. The Kier molecular flexibility index (Phi) is 5.26. The molecule has 0 saturated heterocycles. The zero-order valence-electron chi connectivity index (χ0n) is 11.5. The van der Waals surface area contributed by atoms with Gasteiger partial charge in [0.25, 0.3) is 0 Å². The zero-order valence-corrected chi connectivity index (χ0v) is 11.5. The second-order valence-corrected chi connectivity index (χ2v) is 4.28. The third-order valence-electron chi connectivity index (χ3n) is 2.83. The van der Waals surface area contributed by atoms with Crippen molar-refractivity contribution in [2.45, 2.75) is 13.5 Å². The summed E-state index contributed by atoms with van der Waals surface area (Å²) in [5.74, 6) is -0.305. The lowest BCUT2D eigenvalue weighted by molar-refractivity contribution is -0.137. The molecule has 104 valence electrons. The number of hydrogen-bond acceptors (Lipinski definition) is 4. The topological polar surface area (TPSA) is 51.2 Å². The SMILES string of the molecule is CCOC(=O)/C=C/CNCc1cccc2cccnc12. The molecule has 0 atom stereocenters. The summed E-state index contributed by atoms with van der Waals surface area (Å²) in [7, 11) is 0. The average Bonchev–Trinajstić information content (AvgIpc) is 2.47. The van der Waals surface area contributed by atoms with Crippen molar-refractivity contribution in [3.05, 3.63) is 54.2 Å². The number of nitrogens with one attached hydrogen (secondary N) is 1. The van der Waals surface area contributed by atoms with Crippen LogP contribution in [-0.4, -0.2) is 24.1 Å². The molecule has 0 aliphatic carbocycles. The lowest BCUT2D eigenvalue weighted by Gasteiger charge is -2.05. The number of rotatable bonds is 6. The molecule has 0 aliphatic rings. The first-order chi connectivity index (χ1) is 9.81. The average molecular weight is 270 g/mol. The number of hydrogen-bond donors (Lipinski definition) is 1. The number of carbonyl (C=O) groups excluding carboxylic acids is 1. The fraction of sp³-hybridized carbons (Fsp3) is 0.250. The molecule has 4 heteroatoms. The molecule has 0 saturated carbocycles. The second-order valence-electron chi connectivity index (χ2n) is 4.28. The fourth-order valence-corrected chi connectivity index (χ4v) is 1.95. The normalized spacial score (nSPS) is 11.1. The first-order valence-electron chi connectivity index (χ1n) is 6.68. The van der Waals surface area contributed by atoms with Crippen LogP contribution in [-0.2, 0) is 16.1 Å². The number of nitrogens with zero attached hydrogens (tertiary/aromatic N) is 1. The van der Waals surface area contributed by atoms with Gasteiger partial charge in [0, 0.05) is 30.7 Å². The maximum absolute atomic E-state index is 11.1. The van der Waals surface area contributed by atoms with E-state index in [0.29, 0.717) is 19.7 Å². The van der Waals surface area contributed by atoms with E-state index in [1.165, 1.54) is 6.08 Å². The maximum Gasteiger partial charge on any atom is 0.330 e. The summed E-state index contributed by atoms with van der Waals surface area (Å²) in [6, 6.07) is 10.1. The van der Waals surface area contributed by atoms with E-state index < -0.39 is 0 Å². The van der Waals surface area contributed by atoms with Crippen LogP contribution >= 0.6 is 0 Å². The quantitative estimate of drug-likeness (QED) is 0.497. The lowest BCUT2D eigenvalue weighted by atomic mass is 10.1. The van der Waals surface area contributed by atoms with Crippen molar-refractivity contribution < 1.29 is 9.53 Å². The standard InChI is InChI=1S/C16H18N2O2/c1-2-20-15(19)9-5-10-17-12-14-7-3-6-13-8-4-11-18-16(13)14/h3-9,11,17H,2,10,12H2,1H3/b9-5+. The van der Waals surface area contributed by atoms with Crippen LogP contribution in [0.15, 0.2) is 48.7 Å². The van der Waals surface area contributed by atoms with Crippen LogP contribution in [0.3, 0.4) is 0 Å². The van der Waals surface area contributed by atoms with Gasteiger partial charge in [-0.2, -0.15) is 0 Å².